The summed E-state index contributed by atoms with van der Waals surface area (Å²) in [6.45, 7) is 1.17. The van der Waals surface area contributed by atoms with Crippen molar-refractivity contribution < 1.29 is 13.9 Å². The molecule has 0 spiro atoms. The molecule has 0 atom stereocenters. The molecule has 0 fully saturated rings. The van der Waals surface area contributed by atoms with Crippen LogP contribution in [0.2, 0.25) is 0 Å². The van der Waals surface area contributed by atoms with Gasteiger partial charge in [-0.2, -0.15) is 0 Å². The molecule has 5 heteroatoms. The maximum Gasteiger partial charge on any atom is 0.349 e. The van der Waals surface area contributed by atoms with E-state index in [4.69, 9.17) is 9.15 Å². The molecule has 5 nitrogen and oxygen atoms in total. The third kappa shape index (κ3) is 3.95. The van der Waals surface area contributed by atoms with Gasteiger partial charge in [0.1, 0.15) is 11.1 Å². The average Bonchev–Trinajstić information content (AvgIpc) is 2.65. The molecular formula is C20H19NO4. The van der Waals surface area contributed by atoms with E-state index in [0.29, 0.717) is 25.3 Å². The van der Waals surface area contributed by atoms with Crippen LogP contribution in [0.4, 0.5) is 0 Å². The Kier molecular flexibility index (Phi) is 5.26. The monoisotopic (exact) mass is 337 g/mol. The van der Waals surface area contributed by atoms with Crippen molar-refractivity contribution in [2.24, 2.45) is 0 Å². The summed E-state index contributed by atoms with van der Waals surface area (Å²) < 4.78 is 10.4. The number of benzene rings is 2. The number of nitrogens with zero attached hydrogens (tertiary/aromatic N) is 1. The Labute approximate surface area is 145 Å². The van der Waals surface area contributed by atoms with Crippen molar-refractivity contribution in [1.29, 1.82) is 0 Å². The fraction of sp³-hybridized carbons (Fsp3) is 0.200. The second-order valence-electron chi connectivity index (χ2n) is 5.69. The summed E-state index contributed by atoms with van der Waals surface area (Å²) in [7, 11) is 1.58. The van der Waals surface area contributed by atoms with Crippen LogP contribution in [-0.2, 0) is 11.3 Å². The van der Waals surface area contributed by atoms with E-state index in [1.165, 1.54) is 0 Å². The maximum absolute atomic E-state index is 12.9. The molecule has 0 saturated carbocycles. The van der Waals surface area contributed by atoms with Crippen LogP contribution in [0.1, 0.15) is 15.9 Å². The molecule has 1 heterocycles. The summed E-state index contributed by atoms with van der Waals surface area (Å²) in [6.07, 6.45) is 0. The number of hydrogen-bond donors (Lipinski definition) is 0. The number of para-hydroxylation sites is 1. The Balaban J connectivity index is 1.93. The van der Waals surface area contributed by atoms with Gasteiger partial charge in [0.2, 0.25) is 0 Å². The van der Waals surface area contributed by atoms with E-state index in [-0.39, 0.29) is 11.5 Å². The highest BCUT2D eigenvalue weighted by molar-refractivity contribution is 5.96. The molecule has 2 aromatic carbocycles. The Morgan fingerprint density at radius 3 is 2.56 bits per heavy atom. The van der Waals surface area contributed by atoms with E-state index in [9.17, 15) is 9.59 Å². The van der Waals surface area contributed by atoms with Gasteiger partial charge >= 0.3 is 5.63 Å². The number of amides is 1. The summed E-state index contributed by atoms with van der Waals surface area (Å²) in [5.41, 5.74) is 0.859. The van der Waals surface area contributed by atoms with E-state index in [1.54, 1.807) is 30.2 Å². The lowest BCUT2D eigenvalue weighted by Crippen LogP contribution is -2.36. The summed E-state index contributed by atoms with van der Waals surface area (Å²) in [4.78, 5) is 26.8. The van der Waals surface area contributed by atoms with Crippen molar-refractivity contribution in [1.82, 2.24) is 4.90 Å². The quantitative estimate of drug-likeness (QED) is 0.649. The first-order valence-corrected chi connectivity index (χ1v) is 8.04. The zero-order valence-electron chi connectivity index (χ0n) is 14.0. The molecule has 0 aliphatic carbocycles. The summed E-state index contributed by atoms with van der Waals surface area (Å²) in [5.74, 6) is -0.361. The van der Waals surface area contributed by atoms with Crippen LogP contribution >= 0.6 is 0 Å². The number of hydrogen-bond acceptors (Lipinski definition) is 4. The van der Waals surface area contributed by atoms with Crippen LogP contribution in [0.25, 0.3) is 11.0 Å². The van der Waals surface area contributed by atoms with Gasteiger partial charge in [0.05, 0.1) is 6.61 Å². The van der Waals surface area contributed by atoms with Gasteiger partial charge in [-0.15, -0.1) is 0 Å². The fourth-order valence-electron chi connectivity index (χ4n) is 2.64. The van der Waals surface area contributed by atoms with Gasteiger partial charge in [-0.1, -0.05) is 48.5 Å². The van der Waals surface area contributed by atoms with Crippen LogP contribution in [-0.4, -0.2) is 31.1 Å². The smallest absolute Gasteiger partial charge is 0.349 e. The van der Waals surface area contributed by atoms with Crippen molar-refractivity contribution in [2.45, 2.75) is 6.54 Å². The molecule has 128 valence electrons. The maximum atomic E-state index is 12.9. The molecule has 0 radical (unpaired) electrons. The van der Waals surface area contributed by atoms with Gasteiger partial charge in [-0.3, -0.25) is 4.79 Å². The summed E-state index contributed by atoms with van der Waals surface area (Å²) >= 11 is 0. The molecule has 3 rings (SSSR count). The lowest BCUT2D eigenvalue weighted by Gasteiger charge is -2.22. The van der Waals surface area contributed by atoms with Crippen molar-refractivity contribution in [3.8, 4) is 0 Å². The van der Waals surface area contributed by atoms with E-state index >= 15 is 0 Å². The largest absolute Gasteiger partial charge is 0.422 e. The first-order chi connectivity index (χ1) is 12.2. The lowest BCUT2D eigenvalue weighted by atomic mass is 10.1. The molecule has 0 unspecified atom stereocenters. The van der Waals surface area contributed by atoms with Gasteiger partial charge in [0.25, 0.3) is 5.91 Å². The molecule has 0 bridgehead atoms. The first kappa shape index (κ1) is 16.9. The van der Waals surface area contributed by atoms with Crippen LogP contribution in [0.3, 0.4) is 0 Å². The van der Waals surface area contributed by atoms with Crippen molar-refractivity contribution >= 4 is 16.9 Å². The molecule has 0 aliphatic heterocycles. The fourth-order valence-corrected chi connectivity index (χ4v) is 2.64. The number of rotatable bonds is 6. The Bertz CT molecular complexity index is 918. The SMILES string of the molecule is COCCN(Cc1ccccc1)C(=O)c1cc2ccccc2oc1=O. The predicted molar refractivity (Wildman–Crippen MR) is 95.5 cm³/mol. The van der Waals surface area contributed by atoms with Crippen molar-refractivity contribution in [3.63, 3.8) is 0 Å². The third-order valence-electron chi connectivity index (χ3n) is 3.94. The summed E-state index contributed by atoms with van der Waals surface area (Å²) in [6, 6.07) is 18.4. The first-order valence-electron chi connectivity index (χ1n) is 8.04. The number of ether oxygens (including phenoxy) is 1. The molecule has 1 amide bonds. The number of methoxy groups -OCH3 is 1. The van der Waals surface area contributed by atoms with E-state index in [2.05, 4.69) is 0 Å². The van der Waals surface area contributed by atoms with Gasteiger partial charge in [-0.05, 0) is 17.7 Å². The predicted octanol–water partition coefficient (Wildman–Crippen LogP) is 3.08. The number of fused-ring (bicyclic) bond motifs is 1. The van der Waals surface area contributed by atoms with Gasteiger partial charge < -0.3 is 14.1 Å². The average molecular weight is 337 g/mol. The second kappa shape index (κ2) is 7.77. The van der Waals surface area contributed by atoms with Crippen molar-refractivity contribution in [2.75, 3.05) is 20.3 Å². The second-order valence-corrected chi connectivity index (χ2v) is 5.69. The minimum Gasteiger partial charge on any atom is -0.422 e. The lowest BCUT2D eigenvalue weighted by molar-refractivity contribution is 0.0676. The molecule has 0 saturated heterocycles. The Morgan fingerprint density at radius 2 is 1.80 bits per heavy atom. The zero-order valence-corrected chi connectivity index (χ0v) is 14.0. The van der Waals surface area contributed by atoms with Gasteiger partial charge in [0, 0.05) is 25.6 Å². The van der Waals surface area contributed by atoms with Crippen molar-refractivity contribution in [3.05, 3.63) is 82.2 Å². The standard InChI is InChI=1S/C20H19NO4/c1-24-12-11-21(14-15-7-3-2-4-8-15)19(22)17-13-16-9-5-6-10-18(16)25-20(17)23/h2-10,13H,11-12,14H2,1H3. The molecule has 1 aromatic heterocycles. The Morgan fingerprint density at radius 1 is 1.08 bits per heavy atom. The van der Waals surface area contributed by atoms with Crippen LogP contribution in [0, 0.1) is 0 Å². The van der Waals surface area contributed by atoms with E-state index < -0.39 is 5.63 Å². The van der Waals surface area contributed by atoms with Crippen LogP contribution < -0.4 is 5.63 Å². The normalized spacial score (nSPS) is 10.8. The van der Waals surface area contributed by atoms with Crippen LogP contribution in [0.15, 0.2) is 69.9 Å². The third-order valence-corrected chi connectivity index (χ3v) is 3.94. The van der Waals surface area contributed by atoms with Gasteiger partial charge in [0.15, 0.2) is 0 Å². The highest BCUT2D eigenvalue weighted by Gasteiger charge is 2.20. The number of carbonyl (C=O) groups is 1. The van der Waals surface area contributed by atoms with E-state index in [1.807, 2.05) is 42.5 Å². The number of carbonyl (C=O) groups excluding carboxylic acids is 1. The molecule has 0 N–H and O–H groups in total. The van der Waals surface area contributed by atoms with Gasteiger partial charge in [-0.25, -0.2) is 4.79 Å². The highest BCUT2D eigenvalue weighted by Crippen LogP contribution is 2.15. The molecular weight excluding hydrogens is 318 g/mol. The topological polar surface area (TPSA) is 59.8 Å². The highest BCUT2D eigenvalue weighted by atomic mass is 16.5. The zero-order chi connectivity index (χ0) is 17.6. The van der Waals surface area contributed by atoms with Crippen LogP contribution in [0.5, 0.6) is 0 Å². The Hall–Kier alpha value is -2.92. The van der Waals surface area contributed by atoms with E-state index in [0.717, 1.165) is 10.9 Å². The molecule has 3 aromatic rings. The molecule has 0 aliphatic rings. The minimum absolute atomic E-state index is 0.0331. The minimum atomic E-state index is -0.626. The molecule has 25 heavy (non-hydrogen) atoms. The summed E-state index contributed by atoms with van der Waals surface area (Å²) in [5, 5.41) is 0.719.